The molecule has 1 aliphatic rings. The average Bonchev–Trinajstić information content (AvgIpc) is 3.36. The molecule has 3 rings (SSSR count). The van der Waals surface area contributed by atoms with E-state index in [1.54, 1.807) is 18.7 Å². The summed E-state index contributed by atoms with van der Waals surface area (Å²) >= 11 is 7.94. The van der Waals surface area contributed by atoms with Crippen molar-refractivity contribution in [2.24, 2.45) is 0 Å². The van der Waals surface area contributed by atoms with Crippen LogP contribution < -0.4 is 4.90 Å². The summed E-state index contributed by atoms with van der Waals surface area (Å²) in [5.74, 6) is 0.492. The van der Waals surface area contributed by atoms with Crippen molar-refractivity contribution >= 4 is 41.1 Å². The van der Waals surface area contributed by atoms with E-state index in [0.29, 0.717) is 34.3 Å². The molecule has 1 aliphatic carbocycles. The second-order valence-corrected chi connectivity index (χ2v) is 8.24. The molecule has 0 saturated heterocycles. The fourth-order valence-electron chi connectivity index (χ4n) is 3.17. The number of amides is 1. The molecule has 1 N–H and O–H groups in total. The van der Waals surface area contributed by atoms with Gasteiger partial charge in [0.05, 0.1) is 13.0 Å². The minimum absolute atomic E-state index is 0.146. The third-order valence-electron chi connectivity index (χ3n) is 4.59. The van der Waals surface area contributed by atoms with Crippen LogP contribution in [0.5, 0.6) is 0 Å². The van der Waals surface area contributed by atoms with Crippen LogP contribution in [0.1, 0.15) is 38.2 Å². The van der Waals surface area contributed by atoms with Crippen molar-refractivity contribution in [3.05, 3.63) is 46.8 Å². The molecular formula is C21H23ClN2O5S. The topological polar surface area (TPSA) is 92.9 Å². The predicted molar refractivity (Wildman–Crippen MR) is 117 cm³/mol. The van der Waals surface area contributed by atoms with E-state index in [9.17, 15) is 9.59 Å². The lowest BCUT2D eigenvalue weighted by atomic mass is 10.1. The molecule has 160 valence electrons. The Kier molecular flexibility index (Phi) is 7.81. The summed E-state index contributed by atoms with van der Waals surface area (Å²) in [6, 6.07) is 7.72. The number of carbonyl (C=O) groups excluding carboxylic acids is 1. The third kappa shape index (κ3) is 5.37. The van der Waals surface area contributed by atoms with Gasteiger partial charge in [-0.15, -0.1) is 0 Å². The zero-order valence-electron chi connectivity index (χ0n) is 16.6. The van der Waals surface area contributed by atoms with Gasteiger partial charge in [0, 0.05) is 27.8 Å². The number of allylic oxidation sites excluding steroid dienone is 2. The number of nitrogens with zero attached hydrogens (tertiary/aromatic N) is 2. The van der Waals surface area contributed by atoms with Crippen LogP contribution in [-0.2, 0) is 15.3 Å². The van der Waals surface area contributed by atoms with Gasteiger partial charge in [-0.3, -0.25) is 4.79 Å². The maximum Gasteiger partial charge on any atom is 0.418 e. The first-order valence-corrected chi connectivity index (χ1v) is 11.2. The minimum Gasteiger partial charge on any atom is -0.481 e. The lowest BCUT2D eigenvalue weighted by Crippen LogP contribution is -2.30. The number of anilines is 1. The Morgan fingerprint density at radius 1 is 1.30 bits per heavy atom. The second-order valence-electron chi connectivity index (χ2n) is 6.68. The Bertz CT molecular complexity index is 926. The van der Waals surface area contributed by atoms with Gasteiger partial charge in [-0.2, -0.15) is 11.8 Å². The van der Waals surface area contributed by atoms with Gasteiger partial charge in [0.15, 0.2) is 0 Å². The Labute approximate surface area is 184 Å². The number of carbonyl (C=O) groups is 2. The van der Waals surface area contributed by atoms with Crippen LogP contribution in [0.3, 0.4) is 0 Å². The molecule has 0 bridgehead atoms. The Morgan fingerprint density at radius 3 is 2.70 bits per heavy atom. The highest BCUT2D eigenvalue weighted by Gasteiger charge is 2.30. The van der Waals surface area contributed by atoms with Crippen molar-refractivity contribution in [2.45, 2.75) is 38.4 Å². The summed E-state index contributed by atoms with van der Waals surface area (Å²) in [7, 11) is 0. The van der Waals surface area contributed by atoms with Crippen LogP contribution in [0.25, 0.3) is 11.3 Å². The first-order chi connectivity index (χ1) is 14.5. The molecule has 0 saturated carbocycles. The van der Waals surface area contributed by atoms with Crippen molar-refractivity contribution in [2.75, 3.05) is 17.3 Å². The molecule has 2 aromatic rings. The molecular weight excluding hydrogens is 428 g/mol. The van der Waals surface area contributed by atoms with Crippen LogP contribution in [0.2, 0.25) is 0 Å². The van der Waals surface area contributed by atoms with Crippen molar-refractivity contribution in [3.8, 4) is 11.3 Å². The number of carboxylic acids is 1. The van der Waals surface area contributed by atoms with Crippen molar-refractivity contribution in [3.63, 3.8) is 0 Å². The highest BCUT2D eigenvalue weighted by Crippen LogP contribution is 2.39. The molecule has 0 fully saturated rings. The van der Waals surface area contributed by atoms with E-state index >= 15 is 0 Å². The summed E-state index contributed by atoms with van der Waals surface area (Å²) in [6.45, 7) is 2.00. The van der Waals surface area contributed by atoms with Crippen molar-refractivity contribution in [1.29, 1.82) is 0 Å². The fourth-order valence-corrected chi connectivity index (χ4v) is 4.37. The molecule has 30 heavy (non-hydrogen) atoms. The van der Waals surface area contributed by atoms with Gasteiger partial charge in [-0.25, -0.2) is 9.69 Å². The van der Waals surface area contributed by atoms with Gasteiger partial charge in [0.1, 0.15) is 17.6 Å². The lowest BCUT2D eigenvalue weighted by Gasteiger charge is -2.22. The summed E-state index contributed by atoms with van der Waals surface area (Å²) in [5.41, 5.74) is 3.60. The number of aliphatic carboxylic acids is 1. The summed E-state index contributed by atoms with van der Waals surface area (Å²) in [5, 5.41) is 13.5. The largest absolute Gasteiger partial charge is 0.481 e. The summed E-state index contributed by atoms with van der Waals surface area (Å²) in [4.78, 5) is 24.8. The van der Waals surface area contributed by atoms with E-state index in [4.69, 9.17) is 26.0 Å². The van der Waals surface area contributed by atoms with E-state index in [-0.39, 0.29) is 13.0 Å². The van der Waals surface area contributed by atoms with Crippen molar-refractivity contribution < 1.29 is 24.0 Å². The smallest absolute Gasteiger partial charge is 0.418 e. The Morgan fingerprint density at radius 2 is 2.07 bits per heavy atom. The summed E-state index contributed by atoms with van der Waals surface area (Å²) < 4.78 is 10.5. The molecule has 0 spiro atoms. The van der Waals surface area contributed by atoms with Crippen LogP contribution in [0.15, 0.2) is 45.8 Å². The molecule has 0 atom stereocenters. The highest BCUT2D eigenvalue weighted by atomic mass is 35.5. The fraction of sp³-hybridized carbons (Fsp3) is 0.381. The first-order valence-electron chi connectivity index (χ1n) is 9.69. The van der Waals surface area contributed by atoms with E-state index < -0.39 is 12.1 Å². The molecule has 0 unspecified atom stereocenters. The van der Waals surface area contributed by atoms with Crippen LogP contribution in [0.4, 0.5) is 10.5 Å². The van der Waals surface area contributed by atoms with Gasteiger partial charge >= 0.3 is 12.1 Å². The lowest BCUT2D eigenvalue weighted by molar-refractivity contribution is -0.136. The molecule has 1 heterocycles. The number of benzene rings is 1. The Hall–Kier alpha value is -2.45. The van der Waals surface area contributed by atoms with E-state index in [1.807, 2.05) is 24.3 Å². The maximum absolute atomic E-state index is 12.7. The first kappa shape index (κ1) is 22.2. The van der Waals surface area contributed by atoms with Crippen LogP contribution in [0, 0.1) is 0 Å². The molecule has 1 aromatic heterocycles. The summed E-state index contributed by atoms with van der Waals surface area (Å²) in [6.07, 6.45) is 3.34. The zero-order valence-corrected chi connectivity index (χ0v) is 18.2. The molecule has 0 aliphatic heterocycles. The quantitative estimate of drug-likeness (QED) is 0.493. The average molecular weight is 451 g/mol. The number of ether oxygens (including phenoxy) is 1. The van der Waals surface area contributed by atoms with Gasteiger partial charge in [0.25, 0.3) is 0 Å². The number of carboxylic acid groups (broad SMARTS) is 1. The maximum atomic E-state index is 12.7. The molecule has 7 nitrogen and oxygen atoms in total. The Balaban J connectivity index is 1.81. The van der Waals surface area contributed by atoms with Gasteiger partial charge < -0.3 is 14.4 Å². The SMILES string of the molecule is CCOC(=O)N(C1=C(Cl)CCC1)c1conc1-c1ccc(CSCCC(=O)O)cc1. The van der Waals surface area contributed by atoms with E-state index in [0.717, 1.165) is 29.7 Å². The molecule has 1 aromatic carbocycles. The normalized spacial score (nSPS) is 13.5. The van der Waals surface area contributed by atoms with Gasteiger partial charge in [-0.1, -0.05) is 41.0 Å². The van der Waals surface area contributed by atoms with Crippen molar-refractivity contribution in [1.82, 2.24) is 5.16 Å². The highest BCUT2D eigenvalue weighted by molar-refractivity contribution is 7.98. The third-order valence-corrected chi connectivity index (χ3v) is 6.03. The molecule has 1 amide bonds. The van der Waals surface area contributed by atoms with E-state index in [1.165, 1.54) is 11.2 Å². The van der Waals surface area contributed by atoms with Gasteiger partial charge in [0.2, 0.25) is 0 Å². The standard InChI is InChI=1S/C21H23ClN2O5S/c1-2-28-21(27)24(17-5-3-4-16(17)22)18-12-29-23-20(18)15-8-6-14(7-9-15)13-30-11-10-19(25)26/h6-9,12H,2-5,10-11,13H2,1H3,(H,25,26). The molecule has 9 heteroatoms. The van der Waals surface area contributed by atoms with E-state index in [2.05, 4.69) is 5.16 Å². The number of thioether (sulfide) groups is 1. The van der Waals surface area contributed by atoms with Gasteiger partial charge in [-0.05, 0) is 31.7 Å². The zero-order chi connectivity index (χ0) is 21.5. The monoisotopic (exact) mass is 450 g/mol. The number of rotatable bonds is 9. The number of halogens is 1. The van der Waals surface area contributed by atoms with Crippen LogP contribution >= 0.6 is 23.4 Å². The number of hydrogen-bond donors (Lipinski definition) is 1. The van der Waals surface area contributed by atoms with Crippen LogP contribution in [-0.4, -0.2) is 34.7 Å². The number of hydrogen-bond acceptors (Lipinski definition) is 6. The second kappa shape index (κ2) is 10.5. The number of aromatic nitrogens is 1. The predicted octanol–water partition coefficient (Wildman–Crippen LogP) is 5.65. The minimum atomic E-state index is -0.792. The molecule has 0 radical (unpaired) electrons.